The smallest absolute Gasteiger partial charge is 0.161 e. The van der Waals surface area contributed by atoms with E-state index in [1.54, 1.807) is 0 Å². The number of amidine groups is 1. The summed E-state index contributed by atoms with van der Waals surface area (Å²) in [6.07, 6.45) is 4.03. The van der Waals surface area contributed by atoms with Crippen LogP contribution in [0.1, 0.15) is 26.2 Å². The van der Waals surface area contributed by atoms with E-state index in [9.17, 15) is 0 Å². The summed E-state index contributed by atoms with van der Waals surface area (Å²) in [7, 11) is 0. The van der Waals surface area contributed by atoms with Crippen LogP contribution in [0.5, 0.6) is 0 Å². The number of thioether (sulfide) groups is 1. The molecule has 3 rings (SSSR count). The van der Waals surface area contributed by atoms with Gasteiger partial charge in [0.15, 0.2) is 5.17 Å². The van der Waals surface area contributed by atoms with Gasteiger partial charge in [0.05, 0.1) is 6.54 Å². The summed E-state index contributed by atoms with van der Waals surface area (Å²) < 4.78 is 0. The predicted octanol–water partition coefficient (Wildman–Crippen LogP) is 3.58. The van der Waals surface area contributed by atoms with E-state index in [0.717, 1.165) is 17.4 Å². The van der Waals surface area contributed by atoms with Gasteiger partial charge < -0.3 is 10.2 Å². The lowest BCUT2D eigenvalue weighted by Crippen LogP contribution is -2.29. The molecule has 2 aliphatic rings. The second kappa shape index (κ2) is 5.87. The van der Waals surface area contributed by atoms with Crippen molar-refractivity contribution in [2.24, 2.45) is 4.99 Å². The molecule has 1 saturated heterocycles. The van der Waals surface area contributed by atoms with Crippen LogP contribution >= 0.6 is 11.8 Å². The lowest BCUT2D eigenvalue weighted by molar-refractivity contribution is 0.578. The molecule has 2 heterocycles. The van der Waals surface area contributed by atoms with Crippen molar-refractivity contribution < 1.29 is 0 Å². The highest BCUT2D eigenvalue weighted by atomic mass is 32.2. The molecule has 1 aromatic carbocycles. The maximum absolute atomic E-state index is 4.48. The SMILES string of the molecule is CC1CN=C(Nc2ccc(N3CCCCC3)cc2)S1. The summed E-state index contributed by atoms with van der Waals surface area (Å²) in [5.41, 5.74) is 2.49. The molecule has 0 amide bonds. The number of nitrogens with zero attached hydrogens (tertiary/aromatic N) is 2. The fourth-order valence-corrected chi connectivity index (χ4v) is 3.43. The van der Waals surface area contributed by atoms with Gasteiger partial charge in [0.25, 0.3) is 0 Å². The molecule has 1 fully saturated rings. The second-order valence-electron chi connectivity index (χ2n) is 5.29. The third-order valence-corrected chi connectivity index (χ3v) is 4.65. The summed E-state index contributed by atoms with van der Waals surface area (Å²) in [5, 5.41) is 5.06. The third-order valence-electron chi connectivity index (χ3n) is 3.64. The van der Waals surface area contributed by atoms with E-state index in [1.807, 2.05) is 11.8 Å². The molecule has 19 heavy (non-hydrogen) atoms. The van der Waals surface area contributed by atoms with E-state index in [-0.39, 0.29) is 0 Å². The number of rotatable bonds is 2. The largest absolute Gasteiger partial charge is 0.372 e. The molecule has 3 nitrogen and oxygen atoms in total. The third kappa shape index (κ3) is 3.24. The molecular formula is C15H21N3S. The number of piperidine rings is 1. The first kappa shape index (κ1) is 12.9. The van der Waals surface area contributed by atoms with Crippen molar-refractivity contribution in [2.45, 2.75) is 31.4 Å². The number of aliphatic imine (C=N–C) groups is 1. The van der Waals surface area contributed by atoms with Crippen LogP contribution in [0.15, 0.2) is 29.3 Å². The minimum absolute atomic E-state index is 0.607. The molecule has 1 atom stereocenters. The van der Waals surface area contributed by atoms with Gasteiger partial charge in [-0.05, 0) is 43.5 Å². The Morgan fingerprint density at radius 2 is 1.89 bits per heavy atom. The number of hydrogen-bond acceptors (Lipinski definition) is 4. The van der Waals surface area contributed by atoms with Crippen molar-refractivity contribution in [1.82, 2.24) is 0 Å². The standard InChI is InChI=1S/C15H21N3S/c1-12-11-16-15(19-12)17-13-5-7-14(8-6-13)18-9-3-2-4-10-18/h5-8,12H,2-4,9-11H2,1H3,(H,16,17). The van der Waals surface area contributed by atoms with Crippen LogP contribution in [0.25, 0.3) is 0 Å². The quantitative estimate of drug-likeness (QED) is 0.894. The van der Waals surface area contributed by atoms with Crippen LogP contribution in [0.4, 0.5) is 11.4 Å². The molecule has 0 bridgehead atoms. The van der Waals surface area contributed by atoms with Crippen LogP contribution in [0, 0.1) is 0 Å². The van der Waals surface area contributed by atoms with E-state index in [4.69, 9.17) is 0 Å². The first-order chi connectivity index (χ1) is 9.31. The Hall–Kier alpha value is -1.16. The van der Waals surface area contributed by atoms with E-state index in [2.05, 4.69) is 46.4 Å². The van der Waals surface area contributed by atoms with Gasteiger partial charge in [-0.2, -0.15) is 0 Å². The van der Waals surface area contributed by atoms with Crippen molar-refractivity contribution in [1.29, 1.82) is 0 Å². The molecular weight excluding hydrogens is 254 g/mol. The van der Waals surface area contributed by atoms with Crippen molar-refractivity contribution >= 4 is 28.3 Å². The minimum atomic E-state index is 0.607. The highest BCUT2D eigenvalue weighted by molar-refractivity contribution is 8.15. The van der Waals surface area contributed by atoms with Crippen molar-refractivity contribution in [2.75, 3.05) is 29.9 Å². The molecule has 2 aliphatic heterocycles. The molecule has 102 valence electrons. The minimum Gasteiger partial charge on any atom is -0.372 e. The summed E-state index contributed by atoms with van der Waals surface area (Å²) in [5.74, 6) is 0. The highest BCUT2D eigenvalue weighted by Crippen LogP contribution is 2.25. The maximum atomic E-state index is 4.48. The van der Waals surface area contributed by atoms with Crippen LogP contribution in [-0.2, 0) is 0 Å². The lowest BCUT2D eigenvalue weighted by atomic mass is 10.1. The van der Waals surface area contributed by atoms with Gasteiger partial charge >= 0.3 is 0 Å². The highest BCUT2D eigenvalue weighted by Gasteiger charge is 2.15. The Morgan fingerprint density at radius 1 is 1.16 bits per heavy atom. The maximum Gasteiger partial charge on any atom is 0.161 e. The van der Waals surface area contributed by atoms with Crippen molar-refractivity contribution in [3.63, 3.8) is 0 Å². The Balaban J connectivity index is 1.62. The zero-order valence-corrected chi connectivity index (χ0v) is 12.2. The molecule has 0 aromatic heterocycles. The number of hydrogen-bond donors (Lipinski definition) is 1. The van der Waals surface area contributed by atoms with E-state index in [0.29, 0.717) is 5.25 Å². The summed E-state index contributed by atoms with van der Waals surface area (Å²) in [6, 6.07) is 8.76. The predicted molar refractivity (Wildman–Crippen MR) is 85.5 cm³/mol. The number of nitrogens with one attached hydrogen (secondary N) is 1. The first-order valence-corrected chi connectivity index (χ1v) is 8.02. The number of anilines is 2. The topological polar surface area (TPSA) is 27.6 Å². The lowest BCUT2D eigenvalue weighted by Gasteiger charge is -2.28. The van der Waals surface area contributed by atoms with E-state index in [1.165, 1.54) is 38.0 Å². The Kier molecular flexibility index (Phi) is 3.97. The Labute approximate surface area is 119 Å². The molecule has 1 unspecified atom stereocenters. The fourth-order valence-electron chi connectivity index (χ4n) is 2.58. The average Bonchev–Trinajstić information content (AvgIpc) is 2.86. The Bertz CT molecular complexity index is 449. The van der Waals surface area contributed by atoms with Crippen molar-refractivity contribution in [3.05, 3.63) is 24.3 Å². The van der Waals surface area contributed by atoms with E-state index >= 15 is 0 Å². The van der Waals surface area contributed by atoms with Crippen LogP contribution in [0.3, 0.4) is 0 Å². The van der Waals surface area contributed by atoms with Crippen molar-refractivity contribution in [3.8, 4) is 0 Å². The van der Waals surface area contributed by atoms with Crippen LogP contribution < -0.4 is 10.2 Å². The fraction of sp³-hybridized carbons (Fsp3) is 0.533. The molecule has 0 saturated carbocycles. The summed E-state index contributed by atoms with van der Waals surface area (Å²) in [6.45, 7) is 5.54. The van der Waals surface area contributed by atoms with Gasteiger partial charge in [-0.1, -0.05) is 18.7 Å². The molecule has 0 spiro atoms. The van der Waals surface area contributed by atoms with Gasteiger partial charge in [-0.3, -0.25) is 4.99 Å². The molecule has 0 aliphatic carbocycles. The van der Waals surface area contributed by atoms with Gasteiger partial charge in [0.2, 0.25) is 0 Å². The summed E-state index contributed by atoms with van der Waals surface area (Å²) >= 11 is 1.82. The van der Waals surface area contributed by atoms with Crippen LogP contribution in [0.2, 0.25) is 0 Å². The number of benzene rings is 1. The molecule has 1 N–H and O–H groups in total. The van der Waals surface area contributed by atoms with Gasteiger partial charge in [0.1, 0.15) is 0 Å². The first-order valence-electron chi connectivity index (χ1n) is 7.14. The van der Waals surface area contributed by atoms with Gasteiger partial charge in [-0.25, -0.2) is 0 Å². The Morgan fingerprint density at radius 3 is 2.53 bits per heavy atom. The second-order valence-corrected chi connectivity index (χ2v) is 6.72. The molecule has 1 aromatic rings. The zero-order valence-electron chi connectivity index (χ0n) is 11.4. The van der Waals surface area contributed by atoms with Gasteiger partial charge in [-0.15, -0.1) is 0 Å². The zero-order chi connectivity index (χ0) is 13.1. The van der Waals surface area contributed by atoms with E-state index < -0.39 is 0 Å². The van der Waals surface area contributed by atoms with Gasteiger partial charge in [0, 0.05) is 29.7 Å². The monoisotopic (exact) mass is 275 g/mol. The molecule has 0 radical (unpaired) electrons. The summed E-state index contributed by atoms with van der Waals surface area (Å²) in [4.78, 5) is 6.97. The van der Waals surface area contributed by atoms with Crippen LogP contribution in [-0.4, -0.2) is 30.1 Å². The molecule has 4 heteroatoms. The average molecular weight is 275 g/mol. The normalized spacial score (nSPS) is 23.3.